The van der Waals surface area contributed by atoms with Gasteiger partial charge in [-0.1, -0.05) is 18.5 Å². The summed E-state index contributed by atoms with van der Waals surface area (Å²) in [5.41, 5.74) is 0. The van der Waals surface area contributed by atoms with Crippen LogP contribution in [0.15, 0.2) is 24.5 Å². The van der Waals surface area contributed by atoms with Crippen LogP contribution in [-0.2, 0) is 6.42 Å². The molecular weight excluding hydrogens is 258 g/mol. The van der Waals surface area contributed by atoms with Gasteiger partial charge in [0.05, 0.1) is 4.88 Å². The number of thiophene rings is 1. The molecular formula is C11H10ClN3OS. The topological polar surface area (TPSA) is 54.9 Å². The number of carbonyl (C=O) groups excluding carboxylic acids is 1. The highest BCUT2D eigenvalue weighted by Crippen LogP contribution is 2.18. The molecule has 1 amide bonds. The van der Waals surface area contributed by atoms with Gasteiger partial charge in [0.1, 0.15) is 17.3 Å². The summed E-state index contributed by atoms with van der Waals surface area (Å²) < 4.78 is 0. The van der Waals surface area contributed by atoms with E-state index in [1.54, 1.807) is 0 Å². The summed E-state index contributed by atoms with van der Waals surface area (Å²) >= 11 is 7.18. The molecule has 0 radical (unpaired) electrons. The van der Waals surface area contributed by atoms with Crippen LogP contribution in [0.1, 0.15) is 21.5 Å². The lowest BCUT2D eigenvalue weighted by molar-refractivity contribution is 0.103. The normalized spacial score (nSPS) is 10.2. The lowest BCUT2D eigenvalue weighted by Gasteiger charge is -2.01. The zero-order chi connectivity index (χ0) is 12.3. The van der Waals surface area contributed by atoms with Gasteiger partial charge in [-0.05, 0) is 18.6 Å². The Morgan fingerprint density at radius 1 is 1.47 bits per heavy atom. The first kappa shape index (κ1) is 12.0. The Hall–Kier alpha value is -1.46. The monoisotopic (exact) mass is 267 g/mol. The molecule has 0 saturated carbocycles. The number of amides is 1. The maximum atomic E-state index is 11.9. The third-order valence-electron chi connectivity index (χ3n) is 2.11. The quantitative estimate of drug-likeness (QED) is 0.870. The number of hydrogen-bond donors (Lipinski definition) is 1. The Labute approximate surface area is 108 Å². The van der Waals surface area contributed by atoms with Crippen molar-refractivity contribution in [3.05, 3.63) is 39.4 Å². The maximum Gasteiger partial charge on any atom is 0.266 e. The summed E-state index contributed by atoms with van der Waals surface area (Å²) in [7, 11) is 0. The molecule has 2 aromatic rings. The molecule has 4 nitrogen and oxygen atoms in total. The van der Waals surface area contributed by atoms with E-state index < -0.39 is 0 Å². The molecule has 2 heterocycles. The lowest BCUT2D eigenvalue weighted by atomic mass is 10.3. The van der Waals surface area contributed by atoms with E-state index in [0.29, 0.717) is 15.8 Å². The van der Waals surface area contributed by atoms with Gasteiger partial charge in [-0.2, -0.15) is 0 Å². The summed E-state index contributed by atoms with van der Waals surface area (Å²) in [6, 6.07) is 5.27. The molecule has 2 rings (SSSR count). The molecule has 0 spiro atoms. The van der Waals surface area contributed by atoms with E-state index in [4.69, 9.17) is 11.6 Å². The van der Waals surface area contributed by atoms with Gasteiger partial charge in [0.15, 0.2) is 0 Å². The average molecular weight is 268 g/mol. The number of nitrogens with one attached hydrogen (secondary N) is 1. The van der Waals surface area contributed by atoms with Crippen LogP contribution in [0.4, 0.5) is 5.82 Å². The van der Waals surface area contributed by atoms with Crippen molar-refractivity contribution >= 4 is 34.7 Å². The molecule has 0 saturated heterocycles. The van der Waals surface area contributed by atoms with E-state index in [0.717, 1.165) is 6.42 Å². The number of anilines is 1. The summed E-state index contributed by atoms with van der Waals surface area (Å²) in [5, 5.41) is 2.97. The molecule has 0 fully saturated rings. The third-order valence-corrected chi connectivity index (χ3v) is 3.54. The summed E-state index contributed by atoms with van der Waals surface area (Å²) in [5.74, 6) is 0.228. The molecule has 1 N–H and O–H groups in total. The van der Waals surface area contributed by atoms with E-state index >= 15 is 0 Å². The van der Waals surface area contributed by atoms with Crippen LogP contribution in [0.3, 0.4) is 0 Å². The SMILES string of the molecule is CCc1ccc(C(=O)Nc2cc(Cl)ncn2)s1. The number of rotatable bonds is 3. The van der Waals surface area contributed by atoms with Crippen molar-refractivity contribution in [3.63, 3.8) is 0 Å². The average Bonchev–Trinajstić information content (AvgIpc) is 2.77. The van der Waals surface area contributed by atoms with Gasteiger partial charge in [-0.15, -0.1) is 11.3 Å². The van der Waals surface area contributed by atoms with Crippen LogP contribution in [0.25, 0.3) is 0 Å². The molecule has 6 heteroatoms. The third kappa shape index (κ3) is 3.01. The number of halogens is 1. The molecule has 0 bridgehead atoms. The minimum absolute atomic E-state index is 0.176. The second-order valence-corrected chi connectivity index (χ2v) is 4.86. The van der Waals surface area contributed by atoms with E-state index in [-0.39, 0.29) is 5.91 Å². The van der Waals surface area contributed by atoms with Crippen molar-refractivity contribution in [1.29, 1.82) is 0 Å². The second-order valence-electron chi connectivity index (χ2n) is 3.30. The fourth-order valence-electron chi connectivity index (χ4n) is 1.27. The number of aryl methyl sites for hydroxylation is 1. The number of carbonyl (C=O) groups is 1. The van der Waals surface area contributed by atoms with Gasteiger partial charge < -0.3 is 5.32 Å². The van der Waals surface area contributed by atoms with E-state index in [1.165, 1.54) is 28.6 Å². The van der Waals surface area contributed by atoms with Crippen LogP contribution in [-0.4, -0.2) is 15.9 Å². The fraction of sp³-hybridized carbons (Fsp3) is 0.182. The maximum absolute atomic E-state index is 11.9. The predicted molar refractivity (Wildman–Crippen MR) is 68.7 cm³/mol. The van der Waals surface area contributed by atoms with Crippen LogP contribution >= 0.6 is 22.9 Å². The number of aromatic nitrogens is 2. The Kier molecular flexibility index (Phi) is 3.71. The van der Waals surface area contributed by atoms with E-state index in [1.807, 2.05) is 12.1 Å². The predicted octanol–water partition coefficient (Wildman–Crippen LogP) is 3.01. The molecule has 88 valence electrons. The molecule has 0 aromatic carbocycles. The van der Waals surface area contributed by atoms with Gasteiger partial charge in [-0.3, -0.25) is 4.79 Å². The molecule has 17 heavy (non-hydrogen) atoms. The van der Waals surface area contributed by atoms with E-state index in [2.05, 4.69) is 22.2 Å². The van der Waals surface area contributed by atoms with Crippen molar-refractivity contribution < 1.29 is 4.79 Å². The molecule has 0 unspecified atom stereocenters. The smallest absolute Gasteiger partial charge is 0.266 e. The van der Waals surface area contributed by atoms with Crippen LogP contribution in [0, 0.1) is 0 Å². The Morgan fingerprint density at radius 2 is 2.29 bits per heavy atom. The first-order valence-electron chi connectivity index (χ1n) is 5.06. The molecule has 0 aliphatic rings. The second kappa shape index (κ2) is 5.25. The number of hydrogen-bond acceptors (Lipinski definition) is 4. The van der Waals surface area contributed by atoms with E-state index in [9.17, 15) is 4.79 Å². The van der Waals surface area contributed by atoms with Crippen molar-refractivity contribution in [1.82, 2.24) is 9.97 Å². The van der Waals surface area contributed by atoms with Gasteiger partial charge in [0.25, 0.3) is 5.91 Å². The molecule has 2 aromatic heterocycles. The fourth-order valence-corrected chi connectivity index (χ4v) is 2.26. The summed E-state index contributed by atoms with van der Waals surface area (Å²) in [4.78, 5) is 21.3. The minimum atomic E-state index is -0.176. The Bertz CT molecular complexity index is 541. The summed E-state index contributed by atoms with van der Waals surface area (Å²) in [6.45, 7) is 2.05. The number of nitrogens with zero attached hydrogens (tertiary/aromatic N) is 2. The van der Waals surface area contributed by atoms with Crippen molar-refractivity contribution in [2.75, 3.05) is 5.32 Å². The van der Waals surface area contributed by atoms with Crippen molar-refractivity contribution in [2.24, 2.45) is 0 Å². The van der Waals surface area contributed by atoms with Crippen LogP contribution in [0.2, 0.25) is 5.15 Å². The van der Waals surface area contributed by atoms with Gasteiger partial charge >= 0.3 is 0 Å². The molecule has 0 aliphatic carbocycles. The van der Waals surface area contributed by atoms with Gasteiger partial charge in [0.2, 0.25) is 0 Å². The highest BCUT2D eigenvalue weighted by atomic mass is 35.5. The lowest BCUT2D eigenvalue weighted by Crippen LogP contribution is -2.11. The standard InChI is InChI=1S/C11H10ClN3OS/c1-2-7-3-4-8(17-7)11(16)15-10-5-9(12)13-6-14-10/h3-6H,2H2,1H3,(H,13,14,15,16). The van der Waals surface area contributed by atoms with Crippen LogP contribution < -0.4 is 5.32 Å². The van der Waals surface area contributed by atoms with Crippen molar-refractivity contribution in [2.45, 2.75) is 13.3 Å². The molecule has 0 atom stereocenters. The van der Waals surface area contributed by atoms with Crippen LogP contribution in [0.5, 0.6) is 0 Å². The van der Waals surface area contributed by atoms with Crippen molar-refractivity contribution in [3.8, 4) is 0 Å². The first-order valence-corrected chi connectivity index (χ1v) is 6.26. The van der Waals surface area contributed by atoms with Gasteiger partial charge in [0, 0.05) is 10.9 Å². The highest BCUT2D eigenvalue weighted by molar-refractivity contribution is 7.14. The molecule has 0 aliphatic heterocycles. The largest absolute Gasteiger partial charge is 0.306 e. The van der Waals surface area contributed by atoms with Gasteiger partial charge in [-0.25, -0.2) is 9.97 Å². The highest BCUT2D eigenvalue weighted by Gasteiger charge is 2.09. The summed E-state index contributed by atoms with van der Waals surface area (Å²) in [6.07, 6.45) is 2.24. The zero-order valence-electron chi connectivity index (χ0n) is 9.11. The zero-order valence-corrected chi connectivity index (χ0v) is 10.7. The first-order chi connectivity index (χ1) is 8.19. The Morgan fingerprint density at radius 3 is 2.94 bits per heavy atom. The minimum Gasteiger partial charge on any atom is -0.306 e. The Balaban J connectivity index is 2.11.